The minimum atomic E-state index is -2.87. The predicted octanol–water partition coefficient (Wildman–Crippen LogP) is 8.33. The molecule has 0 aliphatic heterocycles. The largest absolute Gasteiger partial charge is 0.692 e. The molecule has 7 aromatic rings. The van der Waals surface area contributed by atoms with Crippen LogP contribution in [0.3, 0.4) is 0 Å². The number of nitrogens with one attached hydrogen (secondary N) is 1. The number of benzene rings is 6. The topological polar surface area (TPSA) is 139 Å². The molecule has 1 aromatic heterocycles. The number of ether oxygens (including phenoxy) is 1. The van der Waals surface area contributed by atoms with Gasteiger partial charge in [-0.25, -0.2) is 4.68 Å². The maximum atomic E-state index is 13.0. The van der Waals surface area contributed by atoms with E-state index in [1.165, 1.54) is 0 Å². The maximum Gasteiger partial charge on any atom is 0.692 e. The molecule has 0 unspecified atom stereocenters. The summed E-state index contributed by atoms with van der Waals surface area (Å²) in [6, 6.07) is 57.2. The van der Waals surface area contributed by atoms with Crippen LogP contribution in [0.1, 0.15) is 41.7 Å². The van der Waals surface area contributed by atoms with E-state index in [9.17, 15) is 4.79 Å². The van der Waals surface area contributed by atoms with Gasteiger partial charge in [-0.1, -0.05) is 184 Å². The Labute approximate surface area is 327 Å². The fraction of sp³-hybridized carbons (Fsp3) is 0.156. The molecule has 11 heteroatoms. The van der Waals surface area contributed by atoms with Crippen LogP contribution >= 0.6 is 8.25 Å². The molecular formula is C45H43N5O5P+. The van der Waals surface area contributed by atoms with Crippen molar-refractivity contribution >= 4 is 14.2 Å². The Morgan fingerprint density at radius 2 is 1.14 bits per heavy atom. The Kier molecular flexibility index (Phi) is 13.4. The van der Waals surface area contributed by atoms with E-state index < -0.39 is 19.8 Å². The average molecular weight is 765 g/mol. The molecule has 56 heavy (non-hydrogen) atoms. The van der Waals surface area contributed by atoms with Crippen molar-refractivity contribution in [1.82, 2.24) is 25.5 Å². The first-order valence-electron chi connectivity index (χ1n) is 18.2. The van der Waals surface area contributed by atoms with Crippen LogP contribution < -0.4 is 5.32 Å². The van der Waals surface area contributed by atoms with Crippen molar-refractivity contribution in [2.75, 3.05) is 0 Å². The number of tetrazole rings is 1. The molecule has 0 spiro atoms. The third-order valence-electron chi connectivity index (χ3n) is 9.47. The molecule has 1 atom stereocenters. The molecular weight excluding hydrogens is 721 g/mol. The molecule has 1 heterocycles. The fourth-order valence-electron chi connectivity index (χ4n) is 6.86. The number of hydrogen-bond acceptors (Lipinski definition) is 7. The van der Waals surface area contributed by atoms with Gasteiger partial charge in [0.1, 0.15) is 18.2 Å². The summed E-state index contributed by atoms with van der Waals surface area (Å²) in [7, 11) is -2.87. The molecule has 6 aromatic carbocycles. The third-order valence-corrected chi connectivity index (χ3v) is 9.47. The van der Waals surface area contributed by atoms with Crippen molar-refractivity contribution in [2.24, 2.45) is 5.92 Å². The Bertz CT molecular complexity index is 2210. The lowest BCUT2D eigenvalue weighted by atomic mass is 9.77. The highest BCUT2D eigenvalue weighted by molar-refractivity contribution is 7.30. The van der Waals surface area contributed by atoms with Gasteiger partial charge in [0.2, 0.25) is 0 Å². The van der Waals surface area contributed by atoms with E-state index in [4.69, 9.17) is 29.4 Å². The molecule has 0 bridgehead atoms. The van der Waals surface area contributed by atoms with Crippen molar-refractivity contribution in [2.45, 2.75) is 38.6 Å². The van der Waals surface area contributed by atoms with Crippen LogP contribution in [0.15, 0.2) is 170 Å². The van der Waals surface area contributed by atoms with Crippen molar-refractivity contribution in [3.8, 4) is 22.5 Å². The molecule has 282 valence electrons. The fourth-order valence-corrected chi connectivity index (χ4v) is 6.86. The summed E-state index contributed by atoms with van der Waals surface area (Å²) in [5, 5.41) is 17.2. The van der Waals surface area contributed by atoms with Crippen LogP contribution in [0.4, 0.5) is 0 Å². The van der Waals surface area contributed by atoms with Crippen LogP contribution in [0.2, 0.25) is 0 Å². The van der Waals surface area contributed by atoms with Gasteiger partial charge in [-0.15, -0.1) is 14.9 Å². The van der Waals surface area contributed by atoms with Gasteiger partial charge < -0.3 is 10.1 Å². The second-order valence-corrected chi connectivity index (χ2v) is 13.9. The monoisotopic (exact) mass is 764 g/mol. The third kappa shape index (κ3) is 9.20. The minimum absolute atomic E-state index is 0.0650. The summed E-state index contributed by atoms with van der Waals surface area (Å²) >= 11 is 0. The van der Waals surface area contributed by atoms with Crippen molar-refractivity contribution in [1.29, 1.82) is 0 Å². The first kappa shape index (κ1) is 39.5. The van der Waals surface area contributed by atoms with E-state index in [-0.39, 0.29) is 18.5 Å². The first-order chi connectivity index (χ1) is 27.3. The quantitative estimate of drug-likeness (QED) is 0.0601. The second-order valence-electron chi connectivity index (χ2n) is 13.4. The molecule has 0 amide bonds. The normalized spacial score (nSPS) is 11.7. The van der Waals surface area contributed by atoms with Gasteiger partial charge in [-0.2, -0.15) is 0 Å². The van der Waals surface area contributed by atoms with Crippen LogP contribution in [0.5, 0.6) is 0 Å². The Morgan fingerprint density at radius 3 is 1.64 bits per heavy atom. The zero-order valence-electron chi connectivity index (χ0n) is 31.1. The molecule has 0 aliphatic carbocycles. The van der Waals surface area contributed by atoms with Crippen LogP contribution in [0.25, 0.3) is 22.5 Å². The van der Waals surface area contributed by atoms with E-state index >= 15 is 0 Å². The molecule has 0 fully saturated rings. The van der Waals surface area contributed by atoms with Crippen LogP contribution in [-0.4, -0.2) is 42.0 Å². The number of rotatable bonds is 13. The highest BCUT2D eigenvalue weighted by Gasteiger charge is 2.42. The number of aromatic nitrogens is 4. The SMILES string of the molecule is CC(C)[C@H](NCc1ccc(-c2ccccc2-c2nnnn2C(c2ccccc2)(c2ccccc2)c2ccccc2)cc1)C(=O)OCc1ccccc1.O=[P+](O)O. The maximum absolute atomic E-state index is 13.0. The van der Waals surface area contributed by atoms with Gasteiger partial charge in [0.25, 0.3) is 0 Å². The lowest BCUT2D eigenvalue weighted by Crippen LogP contribution is -2.41. The van der Waals surface area contributed by atoms with Crippen molar-refractivity contribution in [3.63, 3.8) is 0 Å². The first-order valence-corrected chi connectivity index (χ1v) is 19.4. The van der Waals surface area contributed by atoms with Gasteiger partial charge in [0, 0.05) is 16.7 Å². The molecule has 3 N–H and O–H groups in total. The number of carbonyl (C=O) groups excluding carboxylic acids is 1. The predicted molar refractivity (Wildman–Crippen MR) is 217 cm³/mol. The smallest absolute Gasteiger partial charge is 0.460 e. The van der Waals surface area contributed by atoms with E-state index in [0.717, 1.165) is 44.5 Å². The van der Waals surface area contributed by atoms with Crippen LogP contribution in [0, 0.1) is 5.92 Å². The lowest BCUT2D eigenvalue weighted by Gasteiger charge is -2.36. The summed E-state index contributed by atoms with van der Waals surface area (Å²) in [6.45, 7) is 4.83. The molecule has 0 aliphatic rings. The Morgan fingerprint density at radius 1 is 0.679 bits per heavy atom. The van der Waals surface area contributed by atoms with Crippen LogP contribution in [-0.2, 0) is 32.8 Å². The molecule has 0 radical (unpaired) electrons. The average Bonchev–Trinajstić information content (AvgIpc) is 3.72. The second kappa shape index (κ2) is 18.9. The van der Waals surface area contributed by atoms with Gasteiger partial charge in [-0.05, 0) is 55.3 Å². The highest BCUT2D eigenvalue weighted by Crippen LogP contribution is 2.43. The van der Waals surface area contributed by atoms with E-state index in [1.807, 2.05) is 79.2 Å². The minimum Gasteiger partial charge on any atom is -0.460 e. The zero-order valence-corrected chi connectivity index (χ0v) is 32.0. The lowest BCUT2D eigenvalue weighted by molar-refractivity contribution is -0.148. The Hall–Kier alpha value is -6.16. The van der Waals surface area contributed by atoms with Crippen molar-refractivity contribution in [3.05, 3.63) is 198 Å². The van der Waals surface area contributed by atoms with E-state index in [0.29, 0.717) is 12.4 Å². The highest BCUT2D eigenvalue weighted by atomic mass is 31.1. The summed E-state index contributed by atoms with van der Waals surface area (Å²) in [5.41, 5.74) is 7.23. The van der Waals surface area contributed by atoms with Gasteiger partial charge >= 0.3 is 14.2 Å². The molecule has 7 rings (SSSR count). The standard InChI is InChI=1S/C45H41N5O2.HO3P/c1-33(2)42(44(51)52-32-35-17-7-3-8-18-35)46-31-34-27-29-36(30-28-34)40-25-15-16-26-41(40)43-47-48-49-50(43)45(37-19-9-4-10-20-37,38-21-11-5-12-22-38)39-23-13-6-14-24-39;1-4(2)3/h3-30,33,42,46H,31-32H2,1-2H3;(H-,1,2,3)/p+1/t42-;/m0./s1. The van der Waals surface area contributed by atoms with Gasteiger partial charge in [-0.3, -0.25) is 4.79 Å². The summed E-state index contributed by atoms with van der Waals surface area (Å²) < 4.78 is 16.3. The summed E-state index contributed by atoms with van der Waals surface area (Å²) in [4.78, 5) is 27.3. The summed E-state index contributed by atoms with van der Waals surface area (Å²) in [5.74, 6) is 0.460. The number of esters is 1. The van der Waals surface area contributed by atoms with E-state index in [1.54, 1.807) is 0 Å². The number of carbonyl (C=O) groups is 1. The Balaban J connectivity index is 0.00000127. The molecule has 0 saturated carbocycles. The van der Waals surface area contributed by atoms with Crippen molar-refractivity contribution < 1.29 is 23.9 Å². The molecule has 10 nitrogen and oxygen atoms in total. The van der Waals surface area contributed by atoms with E-state index in [2.05, 4.69) is 120 Å². The van der Waals surface area contributed by atoms with Gasteiger partial charge in [0.05, 0.1) is 0 Å². The zero-order chi connectivity index (χ0) is 39.3. The number of hydrogen-bond donors (Lipinski definition) is 3. The molecule has 0 saturated heterocycles. The van der Waals surface area contributed by atoms with Gasteiger partial charge in [0.15, 0.2) is 5.82 Å². The number of nitrogens with zero attached hydrogens (tertiary/aromatic N) is 4. The summed E-state index contributed by atoms with van der Waals surface area (Å²) in [6.07, 6.45) is 0.